The van der Waals surface area contributed by atoms with Crippen LogP contribution in [0.25, 0.3) is 0 Å². The summed E-state index contributed by atoms with van der Waals surface area (Å²) in [6, 6.07) is 9.09. The molecule has 0 bridgehead atoms. The third-order valence-corrected chi connectivity index (χ3v) is 11.0. The lowest BCUT2D eigenvalue weighted by atomic mass is 9.74. The fraction of sp³-hybridized carbons (Fsp3) is 0.594. The molecule has 216 valence electrons. The number of carbonyl (C=O) groups is 3. The molecule has 0 aromatic heterocycles. The van der Waals surface area contributed by atoms with E-state index in [4.69, 9.17) is 0 Å². The molecule has 5 rings (SSSR count). The lowest BCUT2D eigenvalue weighted by molar-refractivity contribution is -0.144. The Morgan fingerprint density at radius 2 is 1.68 bits per heavy atom. The van der Waals surface area contributed by atoms with E-state index < -0.39 is 27.4 Å². The van der Waals surface area contributed by atoms with Gasteiger partial charge in [0.1, 0.15) is 6.04 Å². The van der Waals surface area contributed by atoms with Gasteiger partial charge in [-0.15, -0.1) is 11.8 Å². The van der Waals surface area contributed by atoms with E-state index in [0.29, 0.717) is 19.6 Å². The number of likely N-dealkylation sites (tertiary alicyclic amines) is 1. The van der Waals surface area contributed by atoms with Crippen LogP contribution in [0.5, 0.6) is 0 Å². The van der Waals surface area contributed by atoms with Gasteiger partial charge in [0, 0.05) is 42.7 Å². The Morgan fingerprint density at radius 3 is 2.40 bits per heavy atom. The molecular weight excluding hydrogens is 522 g/mol. The summed E-state index contributed by atoms with van der Waals surface area (Å²) < 4.78 is -1.42. The number of amides is 3. The zero-order valence-corrected chi connectivity index (χ0v) is 24.8. The third kappa shape index (κ3) is 4.81. The fourth-order valence-electron chi connectivity index (χ4n) is 7.34. The van der Waals surface area contributed by atoms with Gasteiger partial charge in [0.05, 0.1) is 16.6 Å². The number of aliphatic hydroxyl groups is 1. The molecule has 1 spiro atoms. The summed E-state index contributed by atoms with van der Waals surface area (Å²) >= 11 is 1.65. The van der Waals surface area contributed by atoms with E-state index in [2.05, 4.69) is 39.0 Å². The molecule has 0 saturated carbocycles. The molecule has 4 heterocycles. The molecule has 1 aromatic carbocycles. The van der Waals surface area contributed by atoms with Crippen molar-refractivity contribution in [2.24, 2.45) is 11.8 Å². The van der Waals surface area contributed by atoms with Gasteiger partial charge in [0.2, 0.25) is 17.7 Å². The van der Waals surface area contributed by atoms with E-state index in [9.17, 15) is 19.5 Å². The van der Waals surface area contributed by atoms with Gasteiger partial charge in [-0.1, -0.05) is 68.7 Å². The highest BCUT2D eigenvalue weighted by Gasteiger charge is 2.74. The molecule has 40 heavy (non-hydrogen) atoms. The number of hydrogen-bond acceptors (Lipinski definition) is 5. The highest BCUT2D eigenvalue weighted by atomic mass is 32.2. The minimum absolute atomic E-state index is 0.000983. The predicted molar refractivity (Wildman–Crippen MR) is 160 cm³/mol. The molecule has 4 aliphatic rings. The van der Waals surface area contributed by atoms with Crippen LogP contribution in [0.1, 0.15) is 59.3 Å². The molecule has 1 N–H and O–H groups in total. The smallest absolute Gasteiger partial charge is 0.247 e. The molecule has 1 aromatic rings. The normalized spacial score (nSPS) is 32.1. The predicted octanol–water partition coefficient (Wildman–Crippen LogP) is 4.42. The van der Waals surface area contributed by atoms with Gasteiger partial charge in [-0.3, -0.25) is 14.4 Å². The number of aliphatic hydroxyl groups excluding tert-OH is 1. The van der Waals surface area contributed by atoms with Gasteiger partial charge in [0.25, 0.3) is 0 Å². The average molecular weight is 566 g/mol. The Kier molecular flexibility index (Phi) is 8.48. The summed E-state index contributed by atoms with van der Waals surface area (Å²) in [5, 5.41) is 9.19. The number of carbonyl (C=O) groups excluding carboxylic acids is 3. The van der Waals surface area contributed by atoms with Crippen LogP contribution in [0.15, 0.2) is 54.6 Å². The van der Waals surface area contributed by atoms with Crippen LogP contribution in [0.2, 0.25) is 0 Å². The molecule has 6 atom stereocenters. The van der Waals surface area contributed by atoms with Gasteiger partial charge >= 0.3 is 0 Å². The van der Waals surface area contributed by atoms with Crippen LogP contribution in [0.4, 0.5) is 5.69 Å². The summed E-state index contributed by atoms with van der Waals surface area (Å²) in [5.41, 5.74) is 0.821. The second-order valence-electron chi connectivity index (χ2n) is 11.9. The van der Waals surface area contributed by atoms with Crippen molar-refractivity contribution >= 4 is 35.2 Å². The van der Waals surface area contributed by atoms with Crippen molar-refractivity contribution in [3.8, 4) is 0 Å². The number of unbranched alkanes of at least 4 members (excludes halogenated alkanes) is 3. The molecular formula is C32H43N3O4S. The molecule has 2 saturated heterocycles. The maximum Gasteiger partial charge on any atom is 0.247 e. The van der Waals surface area contributed by atoms with E-state index in [1.54, 1.807) is 16.7 Å². The Hall–Kier alpha value is -2.58. The van der Waals surface area contributed by atoms with Crippen LogP contribution in [-0.2, 0) is 14.4 Å². The SMILES string of the molecule is CCCC(C)N1CC=C[C@]23S[C@@]4(C)C=CCN(c5ccccc5)C(=O)[C@H]4[C@H]2C(=O)N(CCCCCCO)C3C1=O. The van der Waals surface area contributed by atoms with Crippen molar-refractivity contribution in [3.63, 3.8) is 0 Å². The minimum Gasteiger partial charge on any atom is -0.396 e. The summed E-state index contributed by atoms with van der Waals surface area (Å²) in [5.74, 6) is -1.32. The summed E-state index contributed by atoms with van der Waals surface area (Å²) in [7, 11) is 0. The average Bonchev–Trinajstić information content (AvgIpc) is 3.20. The van der Waals surface area contributed by atoms with E-state index >= 15 is 0 Å². The first-order valence-corrected chi connectivity index (χ1v) is 15.7. The number of fused-ring (bicyclic) bond motifs is 2. The monoisotopic (exact) mass is 565 g/mol. The fourth-order valence-corrected chi connectivity index (χ4v) is 9.49. The second kappa shape index (κ2) is 11.7. The number of thioether (sulfide) groups is 1. The first-order chi connectivity index (χ1) is 19.3. The third-order valence-electron chi connectivity index (χ3n) is 9.20. The summed E-state index contributed by atoms with van der Waals surface area (Å²) in [4.78, 5) is 48.9. The van der Waals surface area contributed by atoms with E-state index in [1.165, 1.54) is 0 Å². The van der Waals surface area contributed by atoms with E-state index in [1.807, 2.05) is 46.2 Å². The van der Waals surface area contributed by atoms with Crippen LogP contribution in [0, 0.1) is 11.8 Å². The van der Waals surface area contributed by atoms with Crippen LogP contribution in [-0.4, -0.2) is 80.4 Å². The largest absolute Gasteiger partial charge is 0.396 e. The first-order valence-electron chi connectivity index (χ1n) is 14.9. The van der Waals surface area contributed by atoms with E-state index in [0.717, 1.165) is 44.2 Å². The number of hydrogen-bond donors (Lipinski definition) is 1. The van der Waals surface area contributed by atoms with Crippen molar-refractivity contribution in [2.45, 2.75) is 80.9 Å². The molecule has 7 nitrogen and oxygen atoms in total. The van der Waals surface area contributed by atoms with Gasteiger partial charge in [0.15, 0.2) is 0 Å². The van der Waals surface area contributed by atoms with Gasteiger partial charge in [-0.25, -0.2) is 0 Å². The number of nitrogens with zero attached hydrogens (tertiary/aromatic N) is 3. The topological polar surface area (TPSA) is 81.2 Å². The molecule has 0 aliphatic carbocycles. The quantitative estimate of drug-likeness (QED) is 0.336. The highest BCUT2D eigenvalue weighted by Crippen LogP contribution is 2.65. The van der Waals surface area contributed by atoms with Crippen molar-refractivity contribution in [3.05, 3.63) is 54.6 Å². The number of benzene rings is 1. The maximum atomic E-state index is 14.5. The Balaban J connectivity index is 1.56. The van der Waals surface area contributed by atoms with Gasteiger partial charge in [-0.05, 0) is 45.2 Å². The molecule has 8 heteroatoms. The number of rotatable bonds is 10. The molecule has 3 amide bonds. The van der Waals surface area contributed by atoms with E-state index in [-0.39, 0.29) is 30.4 Å². The number of anilines is 1. The maximum absolute atomic E-state index is 14.5. The number of para-hydroxylation sites is 1. The Bertz CT molecular complexity index is 1170. The second-order valence-corrected chi connectivity index (χ2v) is 13.7. The van der Waals surface area contributed by atoms with Crippen molar-refractivity contribution in [1.29, 1.82) is 0 Å². The molecule has 0 radical (unpaired) electrons. The van der Waals surface area contributed by atoms with Gasteiger partial charge in [-0.2, -0.15) is 0 Å². The highest BCUT2D eigenvalue weighted by molar-refractivity contribution is 8.02. The minimum atomic E-state index is -0.806. The van der Waals surface area contributed by atoms with Crippen LogP contribution < -0.4 is 4.90 Å². The van der Waals surface area contributed by atoms with Gasteiger partial charge < -0.3 is 19.8 Å². The zero-order valence-electron chi connectivity index (χ0n) is 24.0. The standard InChI is InChI=1S/C32H43N3O4S/c1-4-14-23(2)33-20-13-18-32-26(29(38)35(27(32)30(33)39)19-10-5-6-11-22-36)25-28(37)34(24-15-8-7-9-16-24)21-12-17-31(25,3)40-32/h7-9,12-13,15-18,23,25-27,36H,4-6,10-11,14,19-22H2,1-3H3/t23?,25-,26+,27?,31+,32+/m1/s1. The van der Waals surface area contributed by atoms with Crippen molar-refractivity contribution in [1.82, 2.24) is 9.80 Å². The Labute approximate surface area is 242 Å². The molecule has 2 fully saturated rings. The summed E-state index contributed by atoms with van der Waals surface area (Å²) in [6.07, 6.45) is 13.5. The Morgan fingerprint density at radius 1 is 0.950 bits per heavy atom. The van der Waals surface area contributed by atoms with Crippen molar-refractivity contribution < 1.29 is 19.5 Å². The lowest BCUT2D eigenvalue weighted by Crippen LogP contribution is -2.55. The zero-order chi connectivity index (χ0) is 28.5. The van der Waals surface area contributed by atoms with Crippen LogP contribution >= 0.6 is 11.8 Å². The molecule has 2 unspecified atom stereocenters. The lowest BCUT2D eigenvalue weighted by Gasteiger charge is -2.38. The first kappa shape index (κ1) is 28.9. The molecule has 4 aliphatic heterocycles. The van der Waals surface area contributed by atoms with Crippen LogP contribution in [0.3, 0.4) is 0 Å². The van der Waals surface area contributed by atoms with Crippen molar-refractivity contribution in [2.75, 3.05) is 31.1 Å². The summed E-state index contributed by atoms with van der Waals surface area (Å²) in [6.45, 7) is 7.92.